The molecule has 1 N–H and O–H groups in total. The Kier molecular flexibility index (Phi) is 7.29. The molecule has 0 saturated carbocycles. The van der Waals surface area contributed by atoms with E-state index in [0.29, 0.717) is 19.1 Å². The van der Waals surface area contributed by atoms with Gasteiger partial charge in [-0.15, -0.1) is 0 Å². The van der Waals surface area contributed by atoms with E-state index in [-0.39, 0.29) is 17.9 Å². The molecule has 124 valence electrons. The molecule has 2 unspecified atom stereocenters. The minimum absolute atomic E-state index is 0.117. The summed E-state index contributed by atoms with van der Waals surface area (Å²) in [6.45, 7) is 6.31. The average molecular weight is 317 g/mol. The summed E-state index contributed by atoms with van der Waals surface area (Å²) in [7, 11) is 2.02. The molecule has 0 aromatic heterocycles. The van der Waals surface area contributed by atoms with E-state index in [4.69, 9.17) is 14.2 Å². The summed E-state index contributed by atoms with van der Waals surface area (Å²) in [5.41, 5.74) is 0.117. The molecule has 1 spiro atoms. The van der Waals surface area contributed by atoms with Gasteiger partial charge in [0.05, 0.1) is 11.6 Å². The summed E-state index contributed by atoms with van der Waals surface area (Å²) in [5, 5.41) is 3.45. The highest BCUT2D eigenvalue weighted by Gasteiger charge is 2.42. The number of likely N-dealkylation sites (N-methyl/N-ethyl adjacent to an activating group) is 1. The van der Waals surface area contributed by atoms with Crippen LogP contribution in [0.25, 0.3) is 0 Å². The fourth-order valence-electron chi connectivity index (χ4n) is 3.64. The molecule has 0 amide bonds. The first kappa shape index (κ1) is 17.5. The number of nitrogens with one attached hydrogen (secondary N) is 1. The van der Waals surface area contributed by atoms with Crippen LogP contribution < -0.4 is 5.32 Å². The maximum Gasteiger partial charge on any atom is 0.172 e. The Morgan fingerprint density at radius 3 is 2.48 bits per heavy atom. The Bertz CT molecular complexity index is 286. The quantitative estimate of drug-likeness (QED) is 0.731. The van der Waals surface area contributed by atoms with Crippen LogP contribution in [0.2, 0.25) is 0 Å². The molecule has 5 heteroatoms. The average Bonchev–Trinajstić information content (AvgIpc) is 2.49. The zero-order valence-corrected chi connectivity index (χ0v) is 14.5. The first-order valence-corrected chi connectivity index (χ1v) is 9.52. The number of rotatable bonds is 7. The van der Waals surface area contributed by atoms with Gasteiger partial charge in [-0.05, 0) is 64.0 Å². The van der Waals surface area contributed by atoms with Gasteiger partial charge in [0, 0.05) is 19.8 Å². The van der Waals surface area contributed by atoms with Crippen LogP contribution in [0.4, 0.5) is 0 Å². The SMILES string of the molecule is CCOC(OCC)C(NC)C1CCOC2(CCSCC2)C1. The van der Waals surface area contributed by atoms with Crippen LogP contribution in [0.15, 0.2) is 0 Å². The van der Waals surface area contributed by atoms with Crippen LogP contribution >= 0.6 is 11.8 Å². The predicted octanol–water partition coefficient (Wildman–Crippen LogP) is 2.67. The van der Waals surface area contributed by atoms with Crippen LogP contribution in [-0.4, -0.2) is 56.3 Å². The van der Waals surface area contributed by atoms with Crippen LogP contribution in [0.5, 0.6) is 0 Å². The second-order valence-electron chi connectivity index (χ2n) is 5.99. The molecular formula is C16H31NO3S. The lowest BCUT2D eigenvalue weighted by Crippen LogP contribution is -2.52. The fraction of sp³-hybridized carbons (Fsp3) is 1.00. The summed E-state index contributed by atoms with van der Waals surface area (Å²) in [5.74, 6) is 3.03. The smallest absolute Gasteiger partial charge is 0.172 e. The molecular weight excluding hydrogens is 286 g/mol. The van der Waals surface area contributed by atoms with E-state index in [9.17, 15) is 0 Å². The molecule has 2 atom stereocenters. The van der Waals surface area contributed by atoms with Crippen molar-refractivity contribution in [3.05, 3.63) is 0 Å². The fourth-order valence-corrected chi connectivity index (χ4v) is 4.88. The largest absolute Gasteiger partial charge is 0.375 e. The molecule has 0 aromatic carbocycles. The molecule has 2 heterocycles. The van der Waals surface area contributed by atoms with E-state index < -0.39 is 0 Å². The molecule has 2 saturated heterocycles. The molecule has 0 aliphatic carbocycles. The van der Waals surface area contributed by atoms with E-state index in [1.807, 2.05) is 20.9 Å². The maximum absolute atomic E-state index is 6.21. The van der Waals surface area contributed by atoms with Crippen LogP contribution in [-0.2, 0) is 14.2 Å². The van der Waals surface area contributed by atoms with Gasteiger partial charge >= 0.3 is 0 Å². The second kappa shape index (κ2) is 8.73. The van der Waals surface area contributed by atoms with Gasteiger partial charge in [0.25, 0.3) is 0 Å². The number of ether oxygens (including phenoxy) is 3. The molecule has 2 fully saturated rings. The Labute approximate surface area is 133 Å². The molecule has 0 bridgehead atoms. The summed E-state index contributed by atoms with van der Waals surface area (Å²) in [4.78, 5) is 0. The number of thioether (sulfide) groups is 1. The van der Waals surface area contributed by atoms with E-state index in [0.717, 1.165) is 19.4 Å². The lowest BCUT2D eigenvalue weighted by molar-refractivity contribution is -0.178. The molecule has 0 aromatic rings. The normalized spacial score (nSPS) is 27.1. The highest BCUT2D eigenvalue weighted by atomic mass is 32.2. The molecule has 4 nitrogen and oxygen atoms in total. The van der Waals surface area contributed by atoms with E-state index >= 15 is 0 Å². The minimum atomic E-state index is -0.150. The van der Waals surface area contributed by atoms with Crippen LogP contribution in [0, 0.1) is 5.92 Å². The van der Waals surface area contributed by atoms with Gasteiger partial charge in [0.15, 0.2) is 6.29 Å². The maximum atomic E-state index is 6.21. The van der Waals surface area contributed by atoms with Crippen molar-refractivity contribution in [3.8, 4) is 0 Å². The lowest BCUT2D eigenvalue weighted by atomic mass is 9.78. The summed E-state index contributed by atoms with van der Waals surface area (Å²) < 4.78 is 17.9. The van der Waals surface area contributed by atoms with Gasteiger partial charge in [-0.25, -0.2) is 0 Å². The summed E-state index contributed by atoms with van der Waals surface area (Å²) >= 11 is 2.06. The van der Waals surface area contributed by atoms with Crippen LogP contribution in [0.3, 0.4) is 0 Å². The van der Waals surface area contributed by atoms with Crippen molar-refractivity contribution in [2.45, 2.75) is 57.5 Å². The molecule has 2 aliphatic rings. The van der Waals surface area contributed by atoms with Gasteiger partial charge < -0.3 is 19.5 Å². The first-order valence-electron chi connectivity index (χ1n) is 8.37. The van der Waals surface area contributed by atoms with Gasteiger partial charge in [-0.1, -0.05) is 0 Å². The number of hydrogen-bond acceptors (Lipinski definition) is 5. The molecule has 0 radical (unpaired) electrons. The van der Waals surface area contributed by atoms with Gasteiger partial charge in [0.2, 0.25) is 0 Å². The van der Waals surface area contributed by atoms with Gasteiger partial charge in [-0.2, -0.15) is 11.8 Å². The third-order valence-corrected chi connectivity index (χ3v) is 5.72. The monoisotopic (exact) mass is 317 g/mol. The van der Waals surface area contributed by atoms with Crippen LogP contribution in [0.1, 0.15) is 39.5 Å². The summed E-state index contributed by atoms with van der Waals surface area (Å²) in [6, 6.07) is 0.250. The van der Waals surface area contributed by atoms with E-state index in [1.165, 1.54) is 24.3 Å². The lowest BCUT2D eigenvalue weighted by Gasteiger charge is -2.46. The molecule has 2 aliphatic heterocycles. The zero-order chi connectivity index (χ0) is 15.1. The Hall–Kier alpha value is 0.190. The third-order valence-electron chi connectivity index (χ3n) is 4.73. The van der Waals surface area contributed by atoms with Crippen molar-refractivity contribution in [1.29, 1.82) is 0 Å². The van der Waals surface area contributed by atoms with Crippen molar-refractivity contribution in [2.75, 3.05) is 38.4 Å². The summed E-state index contributed by atoms with van der Waals surface area (Å²) in [6.07, 6.45) is 4.47. The topological polar surface area (TPSA) is 39.7 Å². The minimum Gasteiger partial charge on any atom is -0.375 e. The number of hydrogen-bond donors (Lipinski definition) is 1. The standard InChI is InChI=1S/C16H31NO3S/c1-4-18-15(19-5-2)14(17-3)13-6-9-20-16(12-13)7-10-21-11-8-16/h13-15,17H,4-12H2,1-3H3. The third kappa shape index (κ3) is 4.58. The van der Waals surface area contributed by atoms with E-state index in [2.05, 4.69) is 17.1 Å². The van der Waals surface area contributed by atoms with Gasteiger partial charge in [0.1, 0.15) is 0 Å². The van der Waals surface area contributed by atoms with Gasteiger partial charge in [-0.3, -0.25) is 0 Å². The van der Waals surface area contributed by atoms with Crippen molar-refractivity contribution < 1.29 is 14.2 Å². The van der Waals surface area contributed by atoms with Crippen molar-refractivity contribution >= 4 is 11.8 Å². The zero-order valence-electron chi connectivity index (χ0n) is 13.7. The first-order chi connectivity index (χ1) is 10.2. The van der Waals surface area contributed by atoms with Crippen molar-refractivity contribution in [2.24, 2.45) is 5.92 Å². The Morgan fingerprint density at radius 1 is 1.24 bits per heavy atom. The Balaban J connectivity index is 2.02. The van der Waals surface area contributed by atoms with Crippen molar-refractivity contribution in [1.82, 2.24) is 5.32 Å². The highest BCUT2D eigenvalue weighted by Crippen LogP contribution is 2.41. The highest BCUT2D eigenvalue weighted by molar-refractivity contribution is 7.99. The predicted molar refractivity (Wildman–Crippen MR) is 87.9 cm³/mol. The second-order valence-corrected chi connectivity index (χ2v) is 7.22. The van der Waals surface area contributed by atoms with Crippen molar-refractivity contribution in [3.63, 3.8) is 0 Å². The molecule has 21 heavy (non-hydrogen) atoms. The Morgan fingerprint density at radius 2 is 1.90 bits per heavy atom. The van der Waals surface area contributed by atoms with E-state index in [1.54, 1.807) is 0 Å². The molecule has 2 rings (SSSR count).